The molecule has 1 aromatic carbocycles. The van der Waals surface area contributed by atoms with Crippen LogP contribution in [0.1, 0.15) is 6.42 Å². The largest absolute Gasteiger partial charge is 0.385 e. The van der Waals surface area contributed by atoms with E-state index in [0.717, 1.165) is 50.8 Å². The van der Waals surface area contributed by atoms with E-state index in [4.69, 9.17) is 16.3 Å². The van der Waals surface area contributed by atoms with Gasteiger partial charge in [-0.1, -0.05) is 11.6 Å². The zero-order valence-corrected chi connectivity index (χ0v) is 11.7. The van der Waals surface area contributed by atoms with Crippen molar-refractivity contribution in [3.05, 3.63) is 29.3 Å². The molecule has 0 saturated carbocycles. The molecule has 1 fully saturated rings. The molecule has 3 nitrogen and oxygen atoms in total. The van der Waals surface area contributed by atoms with Crippen molar-refractivity contribution in [3.63, 3.8) is 0 Å². The van der Waals surface area contributed by atoms with Crippen molar-refractivity contribution in [1.82, 2.24) is 4.90 Å². The Morgan fingerprint density at radius 2 is 1.78 bits per heavy atom. The highest BCUT2D eigenvalue weighted by atomic mass is 35.5. The van der Waals surface area contributed by atoms with E-state index in [-0.39, 0.29) is 0 Å². The maximum atomic E-state index is 5.91. The fourth-order valence-electron chi connectivity index (χ4n) is 2.31. The molecular formula is C14H21ClN2O. The number of anilines is 1. The normalized spacial score (nSPS) is 17.1. The lowest BCUT2D eigenvalue weighted by molar-refractivity contribution is 0.169. The van der Waals surface area contributed by atoms with Crippen LogP contribution in [0.15, 0.2) is 24.3 Å². The Morgan fingerprint density at radius 3 is 2.39 bits per heavy atom. The predicted octanol–water partition coefficient (Wildman–Crippen LogP) is 2.50. The van der Waals surface area contributed by atoms with E-state index in [2.05, 4.69) is 21.9 Å². The highest BCUT2D eigenvalue weighted by Gasteiger charge is 2.16. The lowest BCUT2D eigenvalue weighted by Crippen LogP contribution is -2.46. The molecule has 0 amide bonds. The number of methoxy groups -OCH3 is 1. The van der Waals surface area contributed by atoms with Crippen molar-refractivity contribution in [2.75, 3.05) is 51.3 Å². The Balaban J connectivity index is 1.77. The van der Waals surface area contributed by atoms with Crippen LogP contribution in [0.5, 0.6) is 0 Å². The summed E-state index contributed by atoms with van der Waals surface area (Å²) in [6.07, 6.45) is 1.12. The number of benzene rings is 1. The topological polar surface area (TPSA) is 15.7 Å². The second-order valence-electron chi connectivity index (χ2n) is 4.65. The first-order valence-electron chi connectivity index (χ1n) is 6.51. The average Bonchev–Trinajstić information content (AvgIpc) is 2.41. The molecule has 1 aliphatic heterocycles. The second-order valence-corrected chi connectivity index (χ2v) is 5.09. The first kappa shape index (κ1) is 13.7. The molecule has 0 radical (unpaired) electrons. The summed E-state index contributed by atoms with van der Waals surface area (Å²) in [4.78, 5) is 4.93. The van der Waals surface area contributed by atoms with Crippen LogP contribution in [-0.2, 0) is 4.74 Å². The van der Waals surface area contributed by atoms with Gasteiger partial charge in [0.25, 0.3) is 0 Å². The molecule has 1 aliphatic rings. The Morgan fingerprint density at radius 1 is 1.11 bits per heavy atom. The van der Waals surface area contributed by atoms with Crippen molar-refractivity contribution in [3.8, 4) is 0 Å². The highest BCUT2D eigenvalue weighted by molar-refractivity contribution is 6.30. The van der Waals surface area contributed by atoms with Crippen LogP contribution in [0, 0.1) is 0 Å². The van der Waals surface area contributed by atoms with E-state index >= 15 is 0 Å². The third-order valence-corrected chi connectivity index (χ3v) is 3.64. The van der Waals surface area contributed by atoms with Crippen molar-refractivity contribution in [1.29, 1.82) is 0 Å². The first-order valence-corrected chi connectivity index (χ1v) is 6.89. The Labute approximate surface area is 114 Å². The minimum atomic E-state index is 0.803. The van der Waals surface area contributed by atoms with Gasteiger partial charge < -0.3 is 9.64 Å². The monoisotopic (exact) mass is 268 g/mol. The van der Waals surface area contributed by atoms with Crippen LogP contribution in [0.2, 0.25) is 5.02 Å². The third-order valence-electron chi connectivity index (χ3n) is 3.39. The number of rotatable bonds is 5. The van der Waals surface area contributed by atoms with Gasteiger partial charge in [0.15, 0.2) is 0 Å². The molecule has 2 rings (SSSR count). The van der Waals surface area contributed by atoms with Gasteiger partial charge in [-0.15, -0.1) is 0 Å². The fourth-order valence-corrected chi connectivity index (χ4v) is 2.44. The minimum absolute atomic E-state index is 0.803. The molecule has 1 saturated heterocycles. The summed E-state index contributed by atoms with van der Waals surface area (Å²) in [6, 6.07) is 8.12. The van der Waals surface area contributed by atoms with Gasteiger partial charge in [0.05, 0.1) is 0 Å². The number of ether oxygens (including phenoxy) is 1. The van der Waals surface area contributed by atoms with Gasteiger partial charge in [0.2, 0.25) is 0 Å². The van der Waals surface area contributed by atoms with Gasteiger partial charge in [-0.05, 0) is 30.7 Å². The molecule has 0 aromatic heterocycles. The van der Waals surface area contributed by atoms with Crippen LogP contribution >= 0.6 is 11.6 Å². The van der Waals surface area contributed by atoms with E-state index in [9.17, 15) is 0 Å². The van der Waals surface area contributed by atoms with Crippen LogP contribution in [0.3, 0.4) is 0 Å². The fraction of sp³-hybridized carbons (Fsp3) is 0.571. The maximum Gasteiger partial charge on any atom is 0.0474 e. The average molecular weight is 269 g/mol. The summed E-state index contributed by atoms with van der Waals surface area (Å²) in [5.41, 5.74) is 1.27. The van der Waals surface area contributed by atoms with Gasteiger partial charge >= 0.3 is 0 Å². The number of piperazine rings is 1. The van der Waals surface area contributed by atoms with E-state index in [1.807, 2.05) is 12.1 Å². The maximum absolute atomic E-state index is 5.91. The molecular weight excluding hydrogens is 248 g/mol. The molecule has 100 valence electrons. The summed E-state index contributed by atoms with van der Waals surface area (Å²) >= 11 is 5.91. The first-order chi connectivity index (χ1) is 8.79. The standard InChI is InChI=1S/C14H21ClN2O/c1-18-12-2-7-16-8-10-17(11-9-16)14-5-3-13(15)4-6-14/h3-6H,2,7-12H2,1H3. The van der Waals surface area contributed by atoms with Crippen molar-refractivity contribution in [2.45, 2.75) is 6.42 Å². The summed E-state index contributed by atoms with van der Waals surface area (Å²) in [5.74, 6) is 0. The molecule has 4 heteroatoms. The van der Waals surface area contributed by atoms with E-state index in [1.54, 1.807) is 7.11 Å². The smallest absolute Gasteiger partial charge is 0.0474 e. The van der Waals surface area contributed by atoms with E-state index < -0.39 is 0 Å². The predicted molar refractivity (Wildman–Crippen MR) is 76.6 cm³/mol. The van der Waals surface area contributed by atoms with E-state index in [1.165, 1.54) is 5.69 Å². The zero-order chi connectivity index (χ0) is 12.8. The summed E-state index contributed by atoms with van der Waals surface area (Å²) < 4.78 is 5.08. The van der Waals surface area contributed by atoms with Crippen LogP contribution in [0.4, 0.5) is 5.69 Å². The number of nitrogens with zero attached hydrogens (tertiary/aromatic N) is 2. The number of hydrogen-bond acceptors (Lipinski definition) is 3. The van der Waals surface area contributed by atoms with Gasteiger partial charge in [-0.25, -0.2) is 0 Å². The molecule has 18 heavy (non-hydrogen) atoms. The Bertz CT molecular complexity index is 347. The summed E-state index contributed by atoms with van der Waals surface area (Å²) in [6.45, 7) is 6.45. The van der Waals surface area contributed by atoms with Gasteiger partial charge in [0.1, 0.15) is 0 Å². The molecule has 0 aliphatic carbocycles. The van der Waals surface area contributed by atoms with Gasteiger partial charge in [0, 0.05) is 57.2 Å². The summed E-state index contributed by atoms with van der Waals surface area (Å²) in [7, 11) is 1.76. The Hall–Kier alpha value is -0.770. The Kier molecular flexibility index (Phi) is 5.29. The lowest BCUT2D eigenvalue weighted by Gasteiger charge is -2.36. The van der Waals surface area contributed by atoms with E-state index in [0.29, 0.717) is 0 Å². The molecule has 0 spiro atoms. The van der Waals surface area contributed by atoms with Crippen molar-refractivity contribution < 1.29 is 4.74 Å². The number of halogens is 1. The molecule has 0 unspecified atom stereocenters. The third kappa shape index (κ3) is 3.87. The molecule has 0 atom stereocenters. The molecule has 0 N–H and O–H groups in total. The lowest BCUT2D eigenvalue weighted by atomic mass is 10.2. The van der Waals surface area contributed by atoms with Crippen LogP contribution in [0.25, 0.3) is 0 Å². The quantitative estimate of drug-likeness (QED) is 0.763. The summed E-state index contributed by atoms with van der Waals surface area (Å²) in [5, 5.41) is 0.803. The SMILES string of the molecule is COCCCN1CCN(c2ccc(Cl)cc2)CC1. The second kappa shape index (κ2) is 6.98. The highest BCUT2D eigenvalue weighted by Crippen LogP contribution is 2.19. The van der Waals surface area contributed by atoms with Crippen molar-refractivity contribution >= 4 is 17.3 Å². The minimum Gasteiger partial charge on any atom is -0.385 e. The van der Waals surface area contributed by atoms with Crippen LogP contribution < -0.4 is 4.90 Å². The molecule has 0 bridgehead atoms. The zero-order valence-electron chi connectivity index (χ0n) is 10.9. The van der Waals surface area contributed by atoms with Crippen molar-refractivity contribution in [2.24, 2.45) is 0 Å². The molecule has 1 aromatic rings. The van der Waals surface area contributed by atoms with Crippen LogP contribution in [-0.4, -0.2) is 51.3 Å². The number of hydrogen-bond donors (Lipinski definition) is 0. The molecule has 1 heterocycles. The van der Waals surface area contributed by atoms with Gasteiger partial charge in [-0.2, -0.15) is 0 Å². The van der Waals surface area contributed by atoms with Gasteiger partial charge in [-0.3, -0.25) is 4.90 Å².